The lowest BCUT2D eigenvalue weighted by Gasteiger charge is -2.34. The first kappa shape index (κ1) is 14.3. The van der Waals surface area contributed by atoms with Crippen molar-refractivity contribution in [2.24, 2.45) is 0 Å². The van der Waals surface area contributed by atoms with Crippen LogP contribution in [0.15, 0.2) is 60.7 Å². The van der Waals surface area contributed by atoms with Gasteiger partial charge in [0, 0.05) is 5.92 Å². The fourth-order valence-electron chi connectivity index (χ4n) is 2.88. The van der Waals surface area contributed by atoms with Crippen LogP contribution in [0.4, 0.5) is 0 Å². The topological polar surface area (TPSA) is 43.4 Å². The Kier molecular flexibility index (Phi) is 3.83. The van der Waals surface area contributed by atoms with Gasteiger partial charge in [-0.1, -0.05) is 60.7 Å². The molecule has 0 saturated carbocycles. The van der Waals surface area contributed by atoms with Gasteiger partial charge in [0.1, 0.15) is 6.10 Å². The maximum atomic E-state index is 12.3. The number of rotatable bonds is 2. The SMILES string of the molecule is CC1C(c2ccccc2)CC(c2ccccc2)OS1(=O)=O. The smallest absolute Gasteiger partial charge is 0.262 e. The lowest BCUT2D eigenvalue weighted by atomic mass is 9.88. The highest BCUT2D eigenvalue weighted by Gasteiger charge is 2.40. The summed E-state index contributed by atoms with van der Waals surface area (Å²) in [5.74, 6) is -0.0462. The van der Waals surface area contributed by atoms with Crippen LogP contribution in [0.25, 0.3) is 0 Å². The first-order valence-electron chi connectivity index (χ1n) is 7.10. The minimum atomic E-state index is -3.56. The Morgan fingerprint density at radius 2 is 1.43 bits per heavy atom. The van der Waals surface area contributed by atoms with Crippen LogP contribution in [0, 0.1) is 0 Å². The van der Waals surface area contributed by atoms with Gasteiger partial charge in [-0.25, -0.2) is 0 Å². The molecule has 3 unspecified atom stereocenters. The van der Waals surface area contributed by atoms with E-state index in [-0.39, 0.29) is 5.92 Å². The van der Waals surface area contributed by atoms with Crippen LogP contribution < -0.4 is 0 Å². The number of hydrogen-bond acceptors (Lipinski definition) is 3. The molecule has 0 amide bonds. The van der Waals surface area contributed by atoms with Crippen molar-refractivity contribution < 1.29 is 12.6 Å². The van der Waals surface area contributed by atoms with E-state index >= 15 is 0 Å². The summed E-state index contributed by atoms with van der Waals surface area (Å²) in [5.41, 5.74) is 1.96. The first-order valence-corrected chi connectivity index (χ1v) is 8.57. The molecular weight excluding hydrogens is 284 g/mol. The molecule has 3 rings (SSSR count). The number of hydrogen-bond donors (Lipinski definition) is 0. The first-order chi connectivity index (χ1) is 10.1. The minimum Gasteiger partial charge on any atom is -0.262 e. The lowest BCUT2D eigenvalue weighted by molar-refractivity contribution is 0.164. The van der Waals surface area contributed by atoms with Gasteiger partial charge in [0.05, 0.1) is 5.25 Å². The zero-order valence-corrected chi connectivity index (χ0v) is 12.7. The van der Waals surface area contributed by atoms with E-state index in [4.69, 9.17) is 4.18 Å². The van der Waals surface area contributed by atoms with Gasteiger partial charge in [-0.15, -0.1) is 0 Å². The Bertz CT molecular complexity index is 695. The predicted molar refractivity (Wildman–Crippen MR) is 82.4 cm³/mol. The lowest BCUT2D eigenvalue weighted by Crippen LogP contribution is -2.35. The largest absolute Gasteiger partial charge is 0.271 e. The summed E-state index contributed by atoms with van der Waals surface area (Å²) in [6.07, 6.45) is 0.270. The third-order valence-corrected chi connectivity index (χ3v) is 5.88. The third kappa shape index (κ3) is 2.87. The van der Waals surface area contributed by atoms with E-state index in [1.807, 2.05) is 60.7 Å². The molecule has 1 heterocycles. The minimum absolute atomic E-state index is 0.0462. The molecular formula is C17H18O3S. The highest BCUT2D eigenvalue weighted by molar-refractivity contribution is 7.87. The fraction of sp³-hybridized carbons (Fsp3) is 0.294. The van der Waals surface area contributed by atoms with Gasteiger partial charge < -0.3 is 0 Å². The van der Waals surface area contributed by atoms with Gasteiger partial charge in [0.25, 0.3) is 10.1 Å². The van der Waals surface area contributed by atoms with Crippen LogP contribution >= 0.6 is 0 Å². The van der Waals surface area contributed by atoms with Crippen molar-refractivity contribution in [2.75, 3.05) is 0 Å². The van der Waals surface area contributed by atoms with E-state index in [0.29, 0.717) is 6.42 Å². The van der Waals surface area contributed by atoms with Crippen molar-refractivity contribution in [3.63, 3.8) is 0 Å². The molecule has 110 valence electrons. The molecule has 4 heteroatoms. The van der Waals surface area contributed by atoms with E-state index in [0.717, 1.165) is 11.1 Å². The molecule has 3 nitrogen and oxygen atoms in total. The quantitative estimate of drug-likeness (QED) is 0.795. The van der Waals surface area contributed by atoms with Crippen molar-refractivity contribution in [1.82, 2.24) is 0 Å². The molecule has 2 aromatic rings. The predicted octanol–water partition coefficient (Wildman–Crippen LogP) is 3.65. The summed E-state index contributed by atoms with van der Waals surface area (Å²) < 4.78 is 30.0. The van der Waals surface area contributed by atoms with Crippen LogP contribution in [0.1, 0.15) is 36.5 Å². The molecule has 0 radical (unpaired) electrons. The molecule has 3 atom stereocenters. The second-order valence-electron chi connectivity index (χ2n) is 5.45. The van der Waals surface area contributed by atoms with E-state index in [1.165, 1.54) is 0 Å². The van der Waals surface area contributed by atoms with E-state index < -0.39 is 21.5 Å². The van der Waals surface area contributed by atoms with Crippen LogP contribution in [0.3, 0.4) is 0 Å². The summed E-state index contributed by atoms with van der Waals surface area (Å²) in [7, 11) is -3.56. The average Bonchev–Trinajstić information content (AvgIpc) is 2.51. The van der Waals surface area contributed by atoms with E-state index in [9.17, 15) is 8.42 Å². The Balaban J connectivity index is 1.97. The van der Waals surface area contributed by atoms with Gasteiger partial charge in [-0.3, -0.25) is 4.18 Å². The molecule has 0 spiro atoms. The Morgan fingerprint density at radius 3 is 2.00 bits per heavy atom. The molecule has 0 N–H and O–H groups in total. The average molecular weight is 302 g/mol. The van der Waals surface area contributed by atoms with Gasteiger partial charge in [-0.2, -0.15) is 8.42 Å². The van der Waals surface area contributed by atoms with Crippen LogP contribution in [0.5, 0.6) is 0 Å². The van der Waals surface area contributed by atoms with Crippen molar-refractivity contribution in [2.45, 2.75) is 30.6 Å². The van der Waals surface area contributed by atoms with Gasteiger partial charge in [0.15, 0.2) is 0 Å². The molecule has 0 bridgehead atoms. The van der Waals surface area contributed by atoms with Gasteiger partial charge in [0.2, 0.25) is 0 Å². The molecule has 1 saturated heterocycles. The second kappa shape index (κ2) is 5.62. The maximum absolute atomic E-state index is 12.3. The summed E-state index contributed by atoms with van der Waals surface area (Å²) in [6, 6.07) is 19.4. The van der Waals surface area contributed by atoms with E-state index in [2.05, 4.69) is 0 Å². The summed E-state index contributed by atoms with van der Waals surface area (Å²) in [4.78, 5) is 0. The van der Waals surface area contributed by atoms with Crippen LogP contribution in [0.2, 0.25) is 0 Å². The van der Waals surface area contributed by atoms with Crippen LogP contribution in [-0.2, 0) is 14.3 Å². The van der Waals surface area contributed by atoms with Crippen molar-refractivity contribution in [3.8, 4) is 0 Å². The summed E-state index contributed by atoms with van der Waals surface area (Å²) in [6.45, 7) is 1.73. The zero-order valence-electron chi connectivity index (χ0n) is 11.8. The summed E-state index contributed by atoms with van der Waals surface area (Å²) >= 11 is 0. The molecule has 1 aliphatic heterocycles. The van der Waals surface area contributed by atoms with E-state index in [1.54, 1.807) is 6.92 Å². The number of benzene rings is 2. The highest BCUT2D eigenvalue weighted by atomic mass is 32.2. The van der Waals surface area contributed by atoms with Crippen LogP contribution in [-0.4, -0.2) is 13.7 Å². The standard InChI is InChI=1S/C17H18O3S/c1-13-16(14-8-4-2-5-9-14)12-17(20-21(13,18)19)15-10-6-3-7-11-15/h2-11,13,16-17H,12H2,1H3. The molecule has 21 heavy (non-hydrogen) atoms. The van der Waals surface area contributed by atoms with Gasteiger partial charge in [-0.05, 0) is 24.5 Å². The fourth-order valence-corrected chi connectivity index (χ4v) is 4.24. The zero-order chi connectivity index (χ0) is 14.9. The van der Waals surface area contributed by atoms with Crippen molar-refractivity contribution in [1.29, 1.82) is 0 Å². The molecule has 2 aromatic carbocycles. The Labute approximate surface area is 125 Å². The maximum Gasteiger partial charge on any atom is 0.271 e. The molecule has 1 aliphatic rings. The van der Waals surface area contributed by atoms with Crippen molar-refractivity contribution in [3.05, 3.63) is 71.8 Å². The molecule has 0 aromatic heterocycles. The summed E-state index contributed by atoms with van der Waals surface area (Å²) in [5, 5.41) is -0.528. The highest BCUT2D eigenvalue weighted by Crippen LogP contribution is 2.42. The molecule has 1 fully saturated rings. The second-order valence-corrected chi connectivity index (χ2v) is 7.37. The normalized spacial score (nSPS) is 28.1. The van der Waals surface area contributed by atoms with Gasteiger partial charge >= 0.3 is 0 Å². The molecule has 0 aliphatic carbocycles. The van der Waals surface area contributed by atoms with Crippen molar-refractivity contribution >= 4 is 10.1 Å². The Morgan fingerprint density at radius 1 is 0.905 bits per heavy atom. The monoisotopic (exact) mass is 302 g/mol. The Hall–Kier alpha value is -1.65. The third-order valence-electron chi connectivity index (χ3n) is 4.14.